The van der Waals surface area contributed by atoms with Crippen molar-refractivity contribution < 1.29 is 9.53 Å². The summed E-state index contributed by atoms with van der Waals surface area (Å²) in [6.07, 6.45) is 1.20. The fourth-order valence-corrected chi connectivity index (χ4v) is 4.17. The summed E-state index contributed by atoms with van der Waals surface area (Å²) in [5, 5.41) is 3.28. The smallest absolute Gasteiger partial charge is 0.236 e. The quantitative estimate of drug-likeness (QED) is 0.811. The third-order valence-electron chi connectivity index (χ3n) is 4.78. The normalized spacial score (nSPS) is 25.6. The van der Waals surface area contributed by atoms with Gasteiger partial charge in [0.25, 0.3) is 0 Å². The van der Waals surface area contributed by atoms with E-state index in [1.165, 1.54) is 0 Å². The topological polar surface area (TPSA) is 48.9 Å². The minimum Gasteiger partial charge on any atom is -0.375 e. The summed E-state index contributed by atoms with van der Waals surface area (Å²) in [4.78, 5) is 23.2. The van der Waals surface area contributed by atoms with Gasteiger partial charge in [0.1, 0.15) is 0 Å². The Labute approximate surface area is 148 Å². The molecule has 0 spiro atoms. The number of aromatic nitrogens is 1. The third kappa shape index (κ3) is 4.53. The van der Waals surface area contributed by atoms with Gasteiger partial charge < -0.3 is 14.5 Å². The van der Waals surface area contributed by atoms with Crippen LogP contribution in [0.15, 0.2) is 5.38 Å². The lowest BCUT2D eigenvalue weighted by molar-refractivity contribution is -0.137. The van der Waals surface area contributed by atoms with Crippen molar-refractivity contribution in [1.29, 1.82) is 0 Å². The van der Waals surface area contributed by atoms with E-state index in [9.17, 15) is 4.79 Å². The summed E-state index contributed by atoms with van der Waals surface area (Å²) in [5.74, 6) is 0.719. The van der Waals surface area contributed by atoms with Crippen LogP contribution in [0, 0.1) is 12.8 Å². The van der Waals surface area contributed by atoms with Crippen molar-refractivity contribution in [2.45, 2.75) is 26.0 Å². The van der Waals surface area contributed by atoms with Crippen LogP contribution in [0.25, 0.3) is 0 Å². The summed E-state index contributed by atoms with van der Waals surface area (Å²) in [6.45, 7) is 7.73. The minimum absolute atomic E-state index is 0.173. The summed E-state index contributed by atoms with van der Waals surface area (Å²) < 4.78 is 6.10. The van der Waals surface area contributed by atoms with E-state index < -0.39 is 0 Å². The van der Waals surface area contributed by atoms with Crippen LogP contribution in [-0.2, 0) is 16.1 Å². The molecule has 1 aromatic heterocycles. The van der Waals surface area contributed by atoms with E-state index in [1.54, 1.807) is 11.3 Å². The highest BCUT2D eigenvalue weighted by atomic mass is 32.1. The first-order valence-corrected chi connectivity index (χ1v) is 9.56. The highest BCUT2D eigenvalue weighted by Gasteiger charge is 2.35. The van der Waals surface area contributed by atoms with E-state index in [-0.39, 0.29) is 12.0 Å². The van der Waals surface area contributed by atoms with Gasteiger partial charge in [-0.1, -0.05) is 0 Å². The highest BCUT2D eigenvalue weighted by Crippen LogP contribution is 2.25. The molecule has 24 heavy (non-hydrogen) atoms. The molecular weight excluding hydrogens is 324 g/mol. The number of likely N-dealkylation sites (tertiary alicyclic amines) is 1. The molecule has 0 radical (unpaired) electrons. The lowest BCUT2D eigenvalue weighted by atomic mass is 9.93. The van der Waals surface area contributed by atoms with Crippen molar-refractivity contribution in [3.8, 4) is 0 Å². The number of hydrogen-bond acceptors (Lipinski definition) is 6. The summed E-state index contributed by atoms with van der Waals surface area (Å²) in [7, 11) is 3.87. The van der Waals surface area contributed by atoms with Gasteiger partial charge in [0, 0.05) is 44.0 Å². The van der Waals surface area contributed by atoms with Crippen molar-refractivity contribution in [3.63, 3.8) is 0 Å². The number of piperidine rings is 1. The molecule has 6 nitrogen and oxygen atoms in total. The van der Waals surface area contributed by atoms with Crippen LogP contribution in [0.4, 0.5) is 0 Å². The van der Waals surface area contributed by atoms with Crippen LogP contribution in [0.1, 0.15) is 17.1 Å². The van der Waals surface area contributed by atoms with Gasteiger partial charge in [0.15, 0.2) is 0 Å². The van der Waals surface area contributed by atoms with Gasteiger partial charge in [-0.05, 0) is 27.4 Å². The lowest BCUT2D eigenvalue weighted by Gasteiger charge is -2.38. The Kier molecular flexibility index (Phi) is 5.86. The molecule has 0 saturated carbocycles. The Morgan fingerprint density at radius 3 is 2.96 bits per heavy atom. The third-order valence-corrected chi connectivity index (χ3v) is 5.61. The number of aryl methyl sites for hydroxylation is 1. The molecule has 2 fully saturated rings. The van der Waals surface area contributed by atoms with Crippen LogP contribution < -0.4 is 0 Å². The van der Waals surface area contributed by atoms with E-state index in [2.05, 4.69) is 22.2 Å². The molecular formula is C17H28N4O2S. The minimum atomic E-state index is 0.173. The first-order valence-electron chi connectivity index (χ1n) is 8.68. The van der Waals surface area contributed by atoms with E-state index in [1.807, 2.05) is 23.9 Å². The van der Waals surface area contributed by atoms with Crippen LogP contribution in [0.5, 0.6) is 0 Å². The maximum Gasteiger partial charge on any atom is 0.236 e. The molecule has 3 heterocycles. The fraction of sp³-hybridized carbons (Fsp3) is 0.765. The number of carbonyl (C=O) groups excluding carboxylic acids is 1. The number of fused-ring (bicyclic) bond motifs is 1. The number of nitrogens with zero attached hydrogens (tertiary/aromatic N) is 4. The van der Waals surface area contributed by atoms with Gasteiger partial charge in [-0.15, -0.1) is 11.3 Å². The van der Waals surface area contributed by atoms with E-state index in [0.717, 1.165) is 56.5 Å². The summed E-state index contributed by atoms with van der Waals surface area (Å²) in [5.41, 5.74) is 1.16. The van der Waals surface area contributed by atoms with Crippen molar-refractivity contribution in [3.05, 3.63) is 16.1 Å². The predicted octanol–water partition coefficient (Wildman–Crippen LogP) is 1.06. The average molecular weight is 353 g/mol. The molecule has 7 heteroatoms. The Bertz CT molecular complexity index is 563. The monoisotopic (exact) mass is 352 g/mol. The van der Waals surface area contributed by atoms with Gasteiger partial charge in [0.05, 0.1) is 30.0 Å². The molecule has 1 aromatic rings. The lowest BCUT2D eigenvalue weighted by Crippen LogP contribution is -2.50. The van der Waals surface area contributed by atoms with E-state index >= 15 is 0 Å². The maximum absolute atomic E-state index is 12.3. The first-order chi connectivity index (χ1) is 11.5. The van der Waals surface area contributed by atoms with Gasteiger partial charge in [-0.2, -0.15) is 0 Å². The van der Waals surface area contributed by atoms with Crippen LogP contribution >= 0.6 is 11.3 Å². The molecule has 1 amide bonds. The van der Waals surface area contributed by atoms with Crippen molar-refractivity contribution in [2.75, 3.05) is 53.4 Å². The molecule has 3 rings (SSSR count). The number of likely N-dealkylation sites (N-methyl/N-ethyl adjacent to an activating group) is 1. The molecule has 2 aliphatic heterocycles. The number of hydrogen-bond donors (Lipinski definition) is 0. The predicted molar refractivity (Wildman–Crippen MR) is 95.1 cm³/mol. The van der Waals surface area contributed by atoms with Crippen molar-refractivity contribution in [1.82, 2.24) is 19.7 Å². The maximum atomic E-state index is 12.3. The van der Waals surface area contributed by atoms with E-state index in [0.29, 0.717) is 12.5 Å². The molecule has 0 unspecified atom stereocenters. The summed E-state index contributed by atoms with van der Waals surface area (Å²) >= 11 is 1.71. The standard InChI is InChI=1S/C17H28N4O2S/c1-13-18-15(12-24-13)9-20-6-7-23-16-10-21(5-4-14(16)8-20)17(22)11-19(2)3/h12,14,16H,4-11H2,1-3H3/t14-,16-/m1/s1. The van der Waals surface area contributed by atoms with Gasteiger partial charge in [-0.25, -0.2) is 4.98 Å². The van der Waals surface area contributed by atoms with Crippen LogP contribution in [-0.4, -0.2) is 85.1 Å². The zero-order valence-electron chi connectivity index (χ0n) is 14.9. The Morgan fingerprint density at radius 1 is 1.42 bits per heavy atom. The number of thiazole rings is 1. The van der Waals surface area contributed by atoms with Gasteiger partial charge in [0.2, 0.25) is 5.91 Å². The zero-order chi connectivity index (χ0) is 17.1. The SMILES string of the molecule is Cc1nc(CN2CCO[C@@H]3CN(C(=O)CN(C)C)CC[C@@H]3C2)cs1. The van der Waals surface area contributed by atoms with Crippen molar-refractivity contribution >= 4 is 17.2 Å². The molecule has 2 aliphatic rings. The second-order valence-corrected chi connectivity index (χ2v) is 8.19. The molecule has 0 N–H and O–H groups in total. The summed E-state index contributed by atoms with van der Waals surface area (Å²) in [6, 6.07) is 0. The van der Waals surface area contributed by atoms with Gasteiger partial charge in [-0.3, -0.25) is 9.69 Å². The molecule has 0 bridgehead atoms. The Morgan fingerprint density at radius 2 is 2.25 bits per heavy atom. The molecule has 0 aromatic carbocycles. The number of carbonyl (C=O) groups is 1. The number of amides is 1. The fourth-order valence-electron chi connectivity index (χ4n) is 3.57. The average Bonchev–Trinajstić information content (AvgIpc) is 2.81. The second kappa shape index (κ2) is 7.91. The van der Waals surface area contributed by atoms with E-state index in [4.69, 9.17) is 4.74 Å². The zero-order valence-corrected chi connectivity index (χ0v) is 15.7. The highest BCUT2D eigenvalue weighted by molar-refractivity contribution is 7.09. The van der Waals surface area contributed by atoms with Gasteiger partial charge >= 0.3 is 0 Å². The van der Waals surface area contributed by atoms with Crippen LogP contribution in [0.2, 0.25) is 0 Å². The Balaban J connectivity index is 1.56. The van der Waals surface area contributed by atoms with Crippen molar-refractivity contribution in [2.24, 2.45) is 5.92 Å². The molecule has 134 valence electrons. The molecule has 2 saturated heterocycles. The Hall–Kier alpha value is -1.02. The first kappa shape index (κ1) is 17.8. The second-order valence-electron chi connectivity index (χ2n) is 7.13. The largest absolute Gasteiger partial charge is 0.375 e. The molecule has 2 atom stereocenters. The number of rotatable bonds is 4. The molecule has 0 aliphatic carbocycles. The van der Waals surface area contributed by atoms with Crippen LogP contribution in [0.3, 0.4) is 0 Å². The number of ether oxygens (including phenoxy) is 1.